The van der Waals surface area contributed by atoms with E-state index in [0.717, 1.165) is 22.9 Å². The van der Waals surface area contributed by atoms with Crippen molar-refractivity contribution in [3.05, 3.63) is 21.2 Å². The molecule has 1 aliphatic carbocycles. The standard InChI is InChI=1S/C12H15BrO2/c1-7-8-5-3-4-6-9(8)10(13)12(15-2)11(7)14/h14H,3-6H2,1-2H3. The van der Waals surface area contributed by atoms with Crippen LogP contribution in [0.1, 0.15) is 29.5 Å². The van der Waals surface area contributed by atoms with Crippen molar-refractivity contribution < 1.29 is 9.84 Å². The third kappa shape index (κ3) is 1.63. The average Bonchev–Trinajstić information content (AvgIpc) is 2.27. The lowest BCUT2D eigenvalue weighted by molar-refractivity contribution is 0.367. The zero-order valence-corrected chi connectivity index (χ0v) is 10.6. The third-order valence-corrected chi connectivity index (χ3v) is 4.00. The first-order valence-corrected chi connectivity index (χ1v) is 6.03. The number of hydrogen-bond donors (Lipinski definition) is 1. The molecule has 0 heterocycles. The van der Waals surface area contributed by atoms with E-state index in [-0.39, 0.29) is 5.75 Å². The van der Waals surface area contributed by atoms with Crippen LogP contribution in [0, 0.1) is 6.92 Å². The SMILES string of the molecule is COc1c(O)c(C)c2c(c1Br)CCCC2. The van der Waals surface area contributed by atoms with Gasteiger partial charge in [-0.15, -0.1) is 0 Å². The van der Waals surface area contributed by atoms with Crippen molar-refractivity contribution in [1.82, 2.24) is 0 Å². The van der Waals surface area contributed by atoms with Gasteiger partial charge in [0.1, 0.15) is 0 Å². The molecule has 0 aliphatic heterocycles. The van der Waals surface area contributed by atoms with Gasteiger partial charge in [-0.1, -0.05) is 0 Å². The molecule has 0 unspecified atom stereocenters. The molecule has 0 saturated heterocycles. The number of methoxy groups -OCH3 is 1. The van der Waals surface area contributed by atoms with Crippen LogP contribution >= 0.6 is 15.9 Å². The Morgan fingerprint density at radius 1 is 1.20 bits per heavy atom. The third-order valence-electron chi connectivity index (χ3n) is 3.16. The molecule has 15 heavy (non-hydrogen) atoms. The Hall–Kier alpha value is -0.700. The minimum absolute atomic E-state index is 0.282. The van der Waals surface area contributed by atoms with Crippen molar-refractivity contribution in [3.8, 4) is 11.5 Å². The van der Waals surface area contributed by atoms with Crippen LogP contribution in [0.2, 0.25) is 0 Å². The summed E-state index contributed by atoms with van der Waals surface area (Å²) >= 11 is 3.53. The second-order valence-corrected chi connectivity index (χ2v) is 4.78. The number of halogens is 1. The van der Waals surface area contributed by atoms with Gasteiger partial charge in [0, 0.05) is 0 Å². The lowest BCUT2D eigenvalue weighted by atomic mass is 9.88. The molecule has 0 atom stereocenters. The van der Waals surface area contributed by atoms with Crippen LogP contribution in [0.3, 0.4) is 0 Å². The van der Waals surface area contributed by atoms with E-state index >= 15 is 0 Å². The first-order chi connectivity index (χ1) is 7.16. The van der Waals surface area contributed by atoms with Crippen molar-refractivity contribution in [2.45, 2.75) is 32.6 Å². The number of phenolic OH excluding ortho intramolecular Hbond substituents is 1. The first-order valence-electron chi connectivity index (χ1n) is 5.23. The smallest absolute Gasteiger partial charge is 0.175 e. The quantitative estimate of drug-likeness (QED) is 0.848. The van der Waals surface area contributed by atoms with Gasteiger partial charge in [-0.2, -0.15) is 0 Å². The second kappa shape index (κ2) is 4.05. The minimum Gasteiger partial charge on any atom is -0.504 e. The average molecular weight is 271 g/mol. The van der Waals surface area contributed by atoms with Crippen molar-refractivity contribution in [2.75, 3.05) is 7.11 Å². The molecule has 0 fully saturated rings. The predicted octanol–water partition coefficient (Wildman–Crippen LogP) is 3.35. The molecule has 0 aromatic heterocycles. The second-order valence-electron chi connectivity index (χ2n) is 3.99. The number of fused-ring (bicyclic) bond motifs is 1. The Balaban J connectivity index is 2.69. The molecule has 1 aromatic carbocycles. The fourth-order valence-electron chi connectivity index (χ4n) is 2.30. The van der Waals surface area contributed by atoms with Gasteiger partial charge in [0.15, 0.2) is 11.5 Å². The number of hydrogen-bond acceptors (Lipinski definition) is 2. The molecule has 0 amide bonds. The largest absolute Gasteiger partial charge is 0.504 e. The van der Waals surface area contributed by atoms with Crippen molar-refractivity contribution in [3.63, 3.8) is 0 Å². The van der Waals surface area contributed by atoms with Crippen molar-refractivity contribution in [1.29, 1.82) is 0 Å². The van der Waals surface area contributed by atoms with Crippen LogP contribution in [0.5, 0.6) is 11.5 Å². The fourth-order valence-corrected chi connectivity index (χ4v) is 3.09. The Kier molecular flexibility index (Phi) is 2.91. The van der Waals surface area contributed by atoms with E-state index < -0.39 is 0 Å². The molecule has 1 aliphatic rings. The molecule has 1 N–H and O–H groups in total. The summed E-state index contributed by atoms with van der Waals surface area (Å²) in [6, 6.07) is 0. The highest BCUT2D eigenvalue weighted by Gasteiger charge is 2.22. The van der Waals surface area contributed by atoms with E-state index in [4.69, 9.17) is 4.74 Å². The molecule has 0 saturated carbocycles. The fraction of sp³-hybridized carbons (Fsp3) is 0.500. The molecular weight excluding hydrogens is 256 g/mol. The van der Waals surface area contributed by atoms with Gasteiger partial charge < -0.3 is 9.84 Å². The Morgan fingerprint density at radius 3 is 2.40 bits per heavy atom. The molecule has 2 rings (SSSR count). The number of phenols is 1. The molecule has 3 heteroatoms. The Morgan fingerprint density at radius 2 is 1.80 bits per heavy atom. The van der Waals surface area contributed by atoms with E-state index in [0.29, 0.717) is 5.75 Å². The summed E-state index contributed by atoms with van der Waals surface area (Å²) in [7, 11) is 1.59. The molecule has 82 valence electrons. The lowest BCUT2D eigenvalue weighted by Gasteiger charge is -2.22. The number of aromatic hydroxyl groups is 1. The zero-order chi connectivity index (χ0) is 11.0. The summed E-state index contributed by atoms with van der Waals surface area (Å²) in [5.41, 5.74) is 3.59. The summed E-state index contributed by atoms with van der Waals surface area (Å²) in [6.07, 6.45) is 4.58. The van der Waals surface area contributed by atoms with Crippen LogP contribution in [0.15, 0.2) is 4.47 Å². The first kappa shape index (κ1) is 10.8. The lowest BCUT2D eigenvalue weighted by Crippen LogP contribution is -2.07. The van der Waals surface area contributed by atoms with E-state index in [1.165, 1.54) is 24.0 Å². The molecule has 0 spiro atoms. The van der Waals surface area contributed by atoms with E-state index in [9.17, 15) is 5.11 Å². The monoisotopic (exact) mass is 270 g/mol. The molecule has 1 aromatic rings. The normalized spacial score (nSPS) is 14.9. The van der Waals surface area contributed by atoms with Crippen LogP contribution < -0.4 is 4.74 Å². The van der Waals surface area contributed by atoms with Gasteiger partial charge in [-0.3, -0.25) is 0 Å². The highest BCUT2D eigenvalue weighted by atomic mass is 79.9. The van der Waals surface area contributed by atoms with E-state index in [2.05, 4.69) is 15.9 Å². The van der Waals surface area contributed by atoms with Crippen LogP contribution in [0.25, 0.3) is 0 Å². The molecule has 0 bridgehead atoms. The van der Waals surface area contributed by atoms with Gasteiger partial charge in [0.2, 0.25) is 0 Å². The highest BCUT2D eigenvalue weighted by Crippen LogP contribution is 2.44. The molecule has 0 radical (unpaired) electrons. The Labute approximate surface area is 98.4 Å². The number of rotatable bonds is 1. The van der Waals surface area contributed by atoms with Crippen molar-refractivity contribution in [2.24, 2.45) is 0 Å². The predicted molar refractivity (Wildman–Crippen MR) is 63.7 cm³/mol. The Bertz CT molecular complexity index is 399. The summed E-state index contributed by atoms with van der Waals surface area (Å²) in [5, 5.41) is 9.98. The van der Waals surface area contributed by atoms with Crippen molar-refractivity contribution >= 4 is 15.9 Å². The van der Waals surface area contributed by atoms with Gasteiger partial charge in [-0.25, -0.2) is 0 Å². The van der Waals surface area contributed by atoms with Gasteiger partial charge in [-0.05, 0) is 65.2 Å². The number of benzene rings is 1. The summed E-state index contributed by atoms with van der Waals surface area (Å²) in [5.74, 6) is 0.859. The topological polar surface area (TPSA) is 29.5 Å². The maximum atomic E-state index is 9.98. The highest BCUT2D eigenvalue weighted by molar-refractivity contribution is 9.10. The maximum Gasteiger partial charge on any atom is 0.175 e. The van der Waals surface area contributed by atoms with Crippen LogP contribution in [-0.2, 0) is 12.8 Å². The summed E-state index contributed by atoms with van der Waals surface area (Å²) in [4.78, 5) is 0. The van der Waals surface area contributed by atoms with E-state index in [1.54, 1.807) is 7.11 Å². The van der Waals surface area contributed by atoms with Gasteiger partial charge >= 0.3 is 0 Å². The minimum atomic E-state index is 0.282. The van der Waals surface area contributed by atoms with Crippen LogP contribution in [0.4, 0.5) is 0 Å². The zero-order valence-electron chi connectivity index (χ0n) is 9.06. The van der Waals surface area contributed by atoms with Crippen LogP contribution in [-0.4, -0.2) is 12.2 Å². The summed E-state index contributed by atoms with van der Waals surface area (Å²) < 4.78 is 6.16. The number of ether oxygens (including phenoxy) is 1. The van der Waals surface area contributed by atoms with Gasteiger partial charge in [0.05, 0.1) is 11.6 Å². The van der Waals surface area contributed by atoms with E-state index in [1.807, 2.05) is 6.92 Å². The molecule has 2 nitrogen and oxygen atoms in total. The maximum absolute atomic E-state index is 9.98. The summed E-state index contributed by atoms with van der Waals surface area (Å²) in [6.45, 7) is 1.97. The van der Waals surface area contributed by atoms with Gasteiger partial charge in [0.25, 0.3) is 0 Å². The molecular formula is C12H15BrO2.